The second kappa shape index (κ2) is 8.70. The van der Waals surface area contributed by atoms with E-state index >= 15 is 0 Å². The van der Waals surface area contributed by atoms with E-state index in [2.05, 4.69) is 13.8 Å². The first-order chi connectivity index (χ1) is 12.6. The molecule has 0 radical (unpaired) electrons. The van der Waals surface area contributed by atoms with Crippen molar-refractivity contribution in [3.63, 3.8) is 0 Å². The predicted molar refractivity (Wildman–Crippen MR) is 104 cm³/mol. The normalized spacial score (nSPS) is 25.0. The molecule has 4 heteroatoms. The summed E-state index contributed by atoms with van der Waals surface area (Å²) in [6.07, 6.45) is 5.83. The maximum Gasteiger partial charge on any atom is 0.253 e. The number of amides is 2. The summed E-state index contributed by atoms with van der Waals surface area (Å²) in [6.45, 7) is 7.07. The summed E-state index contributed by atoms with van der Waals surface area (Å²) in [5.41, 5.74) is 0.732. The summed E-state index contributed by atoms with van der Waals surface area (Å²) < 4.78 is 0. The Morgan fingerprint density at radius 1 is 0.962 bits per heavy atom. The molecule has 2 aliphatic rings. The Balaban J connectivity index is 1.55. The minimum atomic E-state index is 0.0750. The van der Waals surface area contributed by atoms with Gasteiger partial charge < -0.3 is 9.80 Å². The van der Waals surface area contributed by atoms with Crippen LogP contribution in [0.1, 0.15) is 56.3 Å². The van der Waals surface area contributed by atoms with Gasteiger partial charge in [0.2, 0.25) is 5.91 Å². The van der Waals surface area contributed by atoms with E-state index in [-0.39, 0.29) is 11.8 Å². The molecule has 1 unspecified atom stereocenters. The number of piperazine rings is 1. The lowest BCUT2D eigenvalue weighted by molar-refractivity contribution is -0.139. The van der Waals surface area contributed by atoms with Crippen LogP contribution >= 0.6 is 0 Å². The third-order valence-corrected chi connectivity index (χ3v) is 6.29. The number of hydrogen-bond donors (Lipinski definition) is 0. The summed E-state index contributed by atoms with van der Waals surface area (Å²) in [5, 5.41) is 0. The molecule has 1 aliphatic heterocycles. The molecule has 4 nitrogen and oxygen atoms in total. The highest BCUT2D eigenvalue weighted by Gasteiger charge is 2.34. The highest BCUT2D eigenvalue weighted by atomic mass is 16.2. The van der Waals surface area contributed by atoms with Crippen LogP contribution in [0.25, 0.3) is 0 Å². The van der Waals surface area contributed by atoms with Gasteiger partial charge in [0.1, 0.15) is 0 Å². The molecular weight excluding hydrogens is 324 g/mol. The van der Waals surface area contributed by atoms with Gasteiger partial charge in [-0.2, -0.15) is 0 Å². The Morgan fingerprint density at radius 3 is 2.12 bits per heavy atom. The van der Waals surface area contributed by atoms with Crippen molar-refractivity contribution in [3.05, 3.63) is 35.9 Å². The topological polar surface area (TPSA) is 40.6 Å². The number of carbonyl (C=O) groups excluding carboxylic acids is 2. The van der Waals surface area contributed by atoms with Crippen molar-refractivity contribution in [2.24, 2.45) is 17.8 Å². The van der Waals surface area contributed by atoms with Crippen molar-refractivity contribution in [1.29, 1.82) is 0 Å². The third kappa shape index (κ3) is 4.28. The Hall–Kier alpha value is -1.84. The fraction of sp³-hybridized carbons (Fsp3) is 0.636. The standard InChI is InChI=1S/C22H32N2O2/c1-3-20(18-11-9-17(2)10-12-18)22(26)24-15-13-23(14-16-24)21(25)19-7-5-4-6-8-19/h4-8,17-18,20H,3,9-16H2,1-2H3. The largest absolute Gasteiger partial charge is 0.339 e. The van der Waals surface area contributed by atoms with Gasteiger partial charge in [0.05, 0.1) is 0 Å². The molecule has 1 aliphatic carbocycles. The van der Waals surface area contributed by atoms with Crippen molar-refractivity contribution >= 4 is 11.8 Å². The molecule has 0 bridgehead atoms. The van der Waals surface area contributed by atoms with E-state index in [0.29, 0.717) is 38.0 Å². The number of benzene rings is 1. The van der Waals surface area contributed by atoms with Crippen LogP contribution < -0.4 is 0 Å². The molecule has 1 aromatic rings. The van der Waals surface area contributed by atoms with Crippen LogP contribution in [-0.2, 0) is 4.79 Å². The monoisotopic (exact) mass is 356 g/mol. The Morgan fingerprint density at radius 2 is 1.54 bits per heavy atom. The van der Waals surface area contributed by atoms with Gasteiger partial charge in [-0.1, -0.05) is 44.9 Å². The van der Waals surface area contributed by atoms with E-state index in [0.717, 1.165) is 17.9 Å². The molecule has 3 rings (SSSR count). The van der Waals surface area contributed by atoms with Crippen LogP contribution in [0.4, 0.5) is 0 Å². The van der Waals surface area contributed by atoms with Gasteiger partial charge in [-0.05, 0) is 43.2 Å². The van der Waals surface area contributed by atoms with Crippen molar-refractivity contribution in [2.45, 2.75) is 46.0 Å². The number of nitrogens with zero attached hydrogens (tertiary/aromatic N) is 2. The number of rotatable bonds is 4. The van der Waals surface area contributed by atoms with Gasteiger partial charge in [-0.25, -0.2) is 0 Å². The Bertz CT molecular complexity index is 600. The van der Waals surface area contributed by atoms with Gasteiger partial charge in [-0.15, -0.1) is 0 Å². The van der Waals surface area contributed by atoms with Crippen molar-refractivity contribution in [1.82, 2.24) is 9.80 Å². The van der Waals surface area contributed by atoms with Gasteiger partial charge >= 0.3 is 0 Å². The van der Waals surface area contributed by atoms with Crippen molar-refractivity contribution in [2.75, 3.05) is 26.2 Å². The molecule has 142 valence electrons. The molecule has 1 aromatic carbocycles. The lowest BCUT2D eigenvalue weighted by atomic mass is 9.75. The van der Waals surface area contributed by atoms with Crippen molar-refractivity contribution < 1.29 is 9.59 Å². The van der Waals surface area contributed by atoms with Crippen LogP contribution in [-0.4, -0.2) is 47.8 Å². The van der Waals surface area contributed by atoms with E-state index in [4.69, 9.17) is 0 Å². The molecule has 26 heavy (non-hydrogen) atoms. The fourth-order valence-corrected chi connectivity index (χ4v) is 4.53. The first-order valence-corrected chi connectivity index (χ1v) is 10.2. The molecule has 0 spiro atoms. The molecule has 1 saturated heterocycles. The fourth-order valence-electron chi connectivity index (χ4n) is 4.53. The van der Waals surface area contributed by atoms with Crippen LogP contribution in [0.2, 0.25) is 0 Å². The summed E-state index contributed by atoms with van der Waals surface area (Å²) in [4.78, 5) is 29.5. The highest BCUT2D eigenvalue weighted by Crippen LogP contribution is 2.35. The van der Waals surface area contributed by atoms with E-state index < -0.39 is 0 Å². The molecule has 2 amide bonds. The molecule has 2 fully saturated rings. The van der Waals surface area contributed by atoms with E-state index in [1.165, 1.54) is 25.7 Å². The van der Waals surface area contributed by atoms with E-state index in [1.54, 1.807) is 0 Å². The van der Waals surface area contributed by atoms with E-state index in [1.807, 2.05) is 40.1 Å². The Labute approximate surface area is 157 Å². The lowest BCUT2D eigenvalue weighted by Gasteiger charge is -2.39. The third-order valence-electron chi connectivity index (χ3n) is 6.29. The molecular formula is C22H32N2O2. The smallest absolute Gasteiger partial charge is 0.253 e. The minimum Gasteiger partial charge on any atom is -0.339 e. The molecule has 1 heterocycles. The maximum atomic E-state index is 13.1. The SMILES string of the molecule is CCC(C(=O)N1CCN(C(=O)c2ccccc2)CC1)C1CCC(C)CC1. The van der Waals surface area contributed by atoms with Gasteiger partial charge in [-0.3, -0.25) is 9.59 Å². The second-order valence-corrected chi connectivity index (χ2v) is 8.02. The molecule has 0 N–H and O–H groups in total. The zero-order valence-electron chi connectivity index (χ0n) is 16.2. The molecule has 1 atom stereocenters. The Kier molecular flexibility index (Phi) is 6.33. The number of hydrogen-bond acceptors (Lipinski definition) is 2. The predicted octanol–water partition coefficient (Wildman–Crippen LogP) is 3.82. The van der Waals surface area contributed by atoms with Crippen LogP contribution in [0.5, 0.6) is 0 Å². The van der Waals surface area contributed by atoms with Gasteiger partial charge in [0.15, 0.2) is 0 Å². The average molecular weight is 357 g/mol. The number of carbonyl (C=O) groups is 2. The first kappa shape index (κ1) is 18.9. The van der Waals surface area contributed by atoms with Crippen LogP contribution in [0.3, 0.4) is 0 Å². The van der Waals surface area contributed by atoms with Crippen LogP contribution in [0.15, 0.2) is 30.3 Å². The maximum absolute atomic E-state index is 13.1. The molecule has 0 aromatic heterocycles. The summed E-state index contributed by atoms with van der Waals surface area (Å²) in [7, 11) is 0. The average Bonchev–Trinajstić information content (AvgIpc) is 2.70. The van der Waals surface area contributed by atoms with E-state index in [9.17, 15) is 9.59 Å². The second-order valence-electron chi connectivity index (χ2n) is 8.02. The zero-order chi connectivity index (χ0) is 18.5. The summed E-state index contributed by atoms with van der Waals surface area (Å²) >= 11 is 0. The minimum absolute atomic E-state index is 0.0750. The first-order valence-electron chi connectivity index (χ1n) is 10.2. The summed E-state index contributed by atoms with van der Waals surface area (Å²) in [6, 6.07) is 9.42. The molecule has 1 saturated carbocycles. The van der Waals surface area contributed by atoms with Gasteiger partial charge in [0, 0.05) is 37.7 Å². The summed E-state index contributed by atoms with van der Waals surface area (Å²) in [5.74, 6) is 1.92. The highest BCUT2D eigenvalue weighted by molar-refractivity contribution is 5.94. The van der Waals surface area contributed by atoms with Crippen molar-refractivity contribution in [3.8, 4) is 0 Å². The van der Waals surface area contributed by atoms with Crippen LogP contribution in [0, 0.1) is 17.8 Å². The van der Waals surface area contributed by atoms with Gasteiger partial charge in [0.25, 0.3) is 5.91 Å². The zero-order valence-corrected chi connectivity index (χ0v) is 16.2. The lowest BCUT2D eigenvalue weighted by Crippen LogP contribution is -2.52. The quantitative estimate of drug-likeness (QED) is 0.823.